The first kappa shape index (κ1) is 15.9. The Kier molecular flexibility index (Phi) is 14.1. The van der Waals surface area contributed by atoms with E-state index >= 15 is 0 Å². The standard InChI is InChI=1S/C9H21N.C2H4O2/c1-3-5-6-8-9(10)7-4-2;1-2(3)4/h9H,3-8,10H2,1-2H3;1H3,(H,3,4). The molecular weight excluding hydrogens is 178 g/mol. The topological polar surface area (TPSA) is 63.3 Å². The van der Waals surface area contributed by atoms with Crippen LogP contribution in [0.3, 0.4) is 0 Å². The van der Waals surface area contributed by atoms with E-state index < -0.39 is 5.97 Å². The highest BCUT2D eigenvalue weighted by atomic mass is 16.4. The van der Waals surface area contributed by atoms with E-state index in [4.69, 9.17) is 15.6 Å². The molecule has 3 nitrogen and oxygen atoms in total. The van der Waals surface area contributed by atoms with Crippen molar-refractivity contribution in [3.63, 3.8) is 0 Å². The highest BCUT2D eigenvalue weighted by Crippen LogP contribution is 2.05. The molecular formula is C11H25NO2. The van der Waals surface area contributed by atoms with Gasteiger partial charge in [-0.1, -0.05) is 39.5 Å². The number of nitrogens with two attached hydrogens (primary N) is 1. The molecule has 0 bridgehead atoms. The fourth-order valence-electron chi connectivity index (χ4n) is 1.17. The van der Waals surface area contributed by atoms with Crippen LogP contribution in [0.25, 0.3) is 0 Å². The monoisotopic (exact) mass is 203 g/mol. The van der Waals surface area contributed by atoms with Crippen LogP contribution in [0.1, 0.15) is 59.3 Å². The van der Waals surface area contributed by atoms with E-state index in [2.05, 4.69) is 13.8 Å². The highest BCUT2D eigenvalue weighted by Gasteiger charge is 1.98. The summed E-state index contributed by atoms with van der Waals surface area (Å²) in [4.78, 5) is 9.00. The van der Waals surface area contributed by atoms with Crippen molar-refractivity contribution in [1.29, 1.82) is 0 Å². The van der Waals surface area contributed by atoms with E-state index in [1.165, 1.54) is 38.5 Å². The minimum absolute atomic E-state index is 0.469. The SMILES string of the molecule is CC(=O)O.CCCCCC(N)CCC. The molecule has 0 fully saturated rings. The van der Waals surface area contributed by atoms with Crippen LogP contribution in [-0.4, -0.2) is 17.1 Å². The third-order valence-electron chi connectivity index (χ3n) is 1.84. The van der Waals surface area contributed by atoms with E-state index in [1.807, 2.05) is 0 Å². The minimum Gasteiger partial charge on any atom is -0.481 e. The number of hydrogen-bond acceptors (Lipinski definition) is 2. The number of carboxylic acids is 1. The molecule has 86 valence electrons. The second-order valence-electron chi connectivity index (χ2n) is 3.56. The normalized spacial score (nSPS) is 11.4. The van der Waals surface area contributed by atoms with Crippen molar-refractivity contribution in [2.75, 3.05) is 0 Å². The molecule has 0 amide bonds. The maximum atomic E-state index is 9.00. The lowest BCUT2D eigenvalue weighted by molar-refractivity contribution is -0.134. The van der Waals surface area contributed by atoms with Gasteiger partial charge >= 0.3 is 0 Å². The van der Waals surface area contributed by atoms with Gasteiger partial charge in [-0.2, -0.15) is 0 Å². The predicted octanol–water partition coefficient (Wildman–Crippen LogP) is 2.79. The van der Waals surface area contributed by atoms with Crippen molar-refractivity contribution in [2.45, 2.75) is 65.3 Å². The molecule has 0 aliphatic carbocycles. The maximum Gasteiger partial charge on any atom is 0.300 e. The third-order valence-corrected chi connectivity index (χ3v) is 1.84. The third kappa shape index (κ3) is 22.5. The van der Waals surface area contributed by atoms with Gasteiger partial charge in [0.1, 0.15) is 0 Å². The highest BCUT2D eigenvalue weighted by molar-refractivity contribution is 5.62. The van der Waals surface area contributed by atoms with Gasteiger partial charge in [0.25, 0.3) is 5.97 Å². The molecule has 3 heteroatoms. The van der Waals surface area contributed by atoms with Crippen molar-refractivity contribution in [1.82, 2.24) is 0 Å². The van der Waals surface area contributed by atoms with Crippen LogP contribution in [-0.2, 0) is 4.79 Å². The zero-order chi connectivity index (χ0) is 11.4. The van der Waals surface area contributed by atoms with Gasteiger partial charge in [-0.05, 0) is 12.8 Å². The maximum absolute atomic E-state index is 9.00. The van der Waals surface area contributed by atoms with Gasteiger partial charge in [0.2, 0.25) is 0 Å². The summed E-state index contributed by atoms with van der Waals surface area (Å²) in [6.45, 7) is 5.50. The van der Waals surface area contributed by atoms with Crippen molar-refractivity contribution in [2.24, 2.45) is 5.73 Å². The Morgan fingerprint density at radius 1 is 1.21 bits per heavy atom. The lowest BCUT2D eigenvalue weighted by Gasteiger charge is -2.08. The zero-order valence-electron chi connectivity index (χ0n) is 9.75. The fraction of sp³-hybridized carbons (Fsp3) is 0.909. The van der Waals surface area contributed by atoms with Crippen molar-refractivity contribution >= 4 is 5.97 Å². The number of aliphatic carboxylic acids is 1. The minimum atomic E-state index is -0.833. The molecule has 1 unspecified atom stereocenters. The summed E-state index contributed by atoms with van der Waals surface area (Å²) in [5.41, 5.74) is 5.82. The number of hydrogen-bond donors (Lipinski definition) is 2. The Bertz CT molecular complexity index is 122. The first-order chi connectivity index (χ1) is 6.54. The Morgan fingerprint density at radius 3 is 2.07 bits per heavy atom. The van der Waals surface area contributed by atoms with Gasteiger partial charge in [-0.3, -0.25) is 4.79 Å². The van der Waals surface area contributed by atoms with E-state index in [0.29, 0.717) is 6.04 Å². The lowest BCUT2D eigenvalue weighted by Crippen LogP contribution is -2.18. The number of carbonyl (C=O) groups is 1. The summed E-state index contributed by atoms with van der Waals surface area (Å²) in [7, 11) is 0. The summed E-state index contributed by atoms with van der Waals surface area (Å²) in [5, 5.41) is 7.42. The molecule has 3 N–H and O–H groups in total. The van der Waals surface area contributed by atoms with Gasteiger partial charge in [0, 0.05) is 13.0 Å². The quantitative estimate of drug-likeness (QED) is 0.652. The van der Waals surface area contributed by atoms with Gasteiger partial charge in [-0.15, -0.1) is 0 Å². The van der Waals surface area contributed by atoms with Crippen LogP contribution in [0, 0.1) is 0 Å². The van der Waals surface area contributed by atoms with Crippen LogP contribution < -0.4 is 5.73 Å². The molecule has 0 aliphatic rings. The molecule has 0 spiro atoms. The number of rotatable bonds is 6. The number of carboxylic acid groups (broad SMARTS) is 1. The summed E-state index contributed by atoms with van der Waals surface area (Å²) in [6, 6.07) is 0.469. The summed E-state index contributed by atoms with van der Waals surface area (Å²) >= 11 is 0. The average molecular weight is 203 g/mol. The summed E-state index contributed by atoms with van der Waals surface area (Å²) in [5.74, 6) is -0.833. The van der Waals surface area contributed by atoms with Gasteiger partial charge in [0.15, 0.2) is 0 Å². The molecule has 0 aromatic carbocycles. The fourth-order valence-corrected chi connectivity index (χ4v) is 1.17. The van der Waals surface area contributed by atoms with Crippen molar-refractivity contribution in [3.8, 4) is 0 Å². The molecule has 0 rings (SSSR count). The Morgan fingerprint density at radius 2 is 1.71 bits per heavy atom. The molecule has 0 saturated carbocycles. The Hall–Kier alpha value is -0.570. The first-order valence-electron chi connectivity index (χ1n) is 5.49. The zero-order valence-corrected chi connectivity index (χ0v) is 9.75. The molecule has 0 aliphatic heterocycles. The largest absolute Gasteiger partial charge is 0.481 e. The molecule has 0 heterocycles. The van der Waals surface area contributed by atoms with E-state index in [1.54, 1.807) is 0 Å². The van der Waals surface area contributed by atoms with Crippen LogP contribution in [0.4, 0.5) is 0 Å². The molecule has 0 saturated heterocycles. The molecule has 0 radical (unpaired) electrons. The first-order valence-corrected chi connectivity index (χ1v) is 5.49. The summed E-state index contributed by atoms with van der Waals surface area (Å²) in [6.07, 6.45) is 7.62. The van der Waals surface area contributed by atoms with Gasteiger partial charge in [-0.25, -0.2) is 0 Å². The smallest absolute Gasteiger partial charge is 0.300 e. The van der Waals surface area contributed by atoms with Gasteiger partial charge < -0.3 is 10.8 Å². The number of unbranched alkanes of at least 4 members (excludes halogenated alkanes) is 2. The summed E-state index contributed by atoms with van der Waals surface area (Å²) < 4.78 is 0. The van der Waals surface area contributed by atoms with E-state index in [9.17, 15) is 0 Å². The molecule has 1 atom stereocenters. The molecule has 14 heavy (non-hydrogen) atoms. The lowest BCUT2D eigenvalue weighted by atomic mass is 10.1. The van der Waals surface area contributed by atoms with Crippen LogP contribution in [0.15, 0.2) is 0 Å². The second-order valence-corrected chi connectivity index (χ2v) is 3.56. The van der Waals surface area contributed by atoms with E-state index in [-0.39, 0.29) is 0 Å². The Labute approximate surface area is 87.7 Å². The Balaban J connectivity index is 0. The van der Waals surface area contributed by atoms with E-state index in [0.717, 1.165) is 6.92 Å². The predicted molar refractivity (Wildman–Crippen MR) is 60.3 cm³/mol. The van der Waals surface area contributed by atoms with Crippen molar-refractivity contribution in [3.05, 3.63) is 0 Å². The second kappa shape index (κ2) is 12.4. The van der Waals surface area contributed by atoms with Crippen LogP contribution >= 0.6 is 0 Å². The van der Waals surface area contributed by atoms with Crippen LogP contribution in [0.5, 0.6) is 0 Å². The molecule has 0 aromatic rings. The average Bonchev–Trinajstić information content (AvgIpc) is 2.04. The van der Waals surface area contributed by atoms with Gasteiger partial charge in [0.05, 0.1) is 0 Å². The van der Waals surface area contributed by atoms with Crippen LogP contribution in [0.2, 0.25) is 0 Å². The van der Waals surface area contributed by atoms with Crippen molar-refractivity contribution < 1.29 is 9.90 Å². The molecule has 0 aromatic heterocycles.